The summed E-state index contributed by atoms with van der Waals surface area (Å²) in [6, 6.07) is 7.54. The fourth-order valence-electron chi connectivity index (χ4n) is 2.64. The van der Waals surface area contributed by atoms with E-state index in [0.29, 0.717) is 12.4 Å². The molecule has 0 bridgehead atoms. The maximum absolute atomic E-state index is 9.92. The average molecular weight is 356 g/mol. The van der Waals surface area contributed by atoms with Gasteiger partial charge in [-0.2, -0.15) is 0 Å². The molecule has 1 saturated heterocycles. The summed E-state index contributed by atoms with van der Waals surface area (Å²) < 4.78 is 5.77. The van der Waals surface area contributed by atoms with E-state index < -0.39 is 0 Å². The maximum atomic E-state index is 9.92. The van der Waals surface area contributed by atoms with E-state index >= 15 is 0 Å². The molecule has 2 aromatic rings. The number of para-hydroxylation sites is 2. The van der Waals surface area contributed by atoms with Crippen LogP contribution in [-0.4, -0.2) is 54.3 Å². The summed E-state index contributed by atoms with van der Waals surface area (Å²) in [4.78, 5) is 8.82. The van der Waals surface area contributed by atoms with Crippen LogP contribution < -0.4 is 9.64 Å². The number of hydrogen-bond acceptors (Lipinski definition) is 6. The van der Waals surface area contributed by atoms with Crippen LogP contribution in [0.4, 0.5) is 5.69 Å². The van der Waals surface area contributed by atoms with E-state index in [1.165, 1.54) is 0 Å². The molecule has 1 aromatic carbocycles. The SMILES string of the molecule is Cc1ncsc1OCCN1CCN(c2ccccc2O)CC1.Cl. The number of phenolic OH excluding ortho intramolecular Hbond substituents is 1. The van der Waals surface area contributed by atoms with Gasteiger partial charge >= 0.3 is 0 Å². The Morgan fingerprint density at radius 3 is 2.61 bits per heavy atom. The predicted octanol–water partition coefficient (Wildman–Crippen LogP) is 2.78. The molecule has 0 amide bonds. The lowest BCUT2D eigenvalue weighted by atomic mass is 10.2. The molecular formula is C16H22ClN3O2S. The number of rotatable bonds is 5. The zero-order valence-corrected chi connectivity index (χ0v) is 14.8. The van der Waals surface area contributed by atoms with Gasteiger partial charge in [0.2, 0.25) is 0 Å². The molecule has 126 valence electrons. The molecule has 0 unspecified atom stereocenters. The second-order valence-corrected chi connectivity index (χ2v) is 6.21. The van der Waals surface area contributed by atoms with Crippen LogP contribution in [0, 0.1) is 6.92 Å². The van der Waals surface area contributed by atoms with E-state index in [4.69, 9.17) is 4.74 Å². The topological polar surface area (TPSA) is 48.8 Å². The molecule has 23 heavy (non-hydrogen) atoms. The van der Waals surface area contributed by atoms with Gasteiger partial charge in [-0.05, 0) is 19.1 Å². The number of aromatic hydroxyl groups is 1. The zero-order valence-electron chi connectivity index (χ0n) is 13.1. The third-order valence-corrected chi connectivity index (χ3v) is 4.78. The van der Waals surface area contributed by atoms with Gasteiger partial charge in [0.25, 0.3) is 0 Å². The van der Waals surface area contributed by atoms with Crippen LogP contribution in [0.5, 0.6) is 10.8 Å². The first-order chi connectivity index (χ1) is 10.7. The van der Waals surface area contributed by atoms with Gasteiger partial charge in [-0.25, -0.2) is 4.98 Å². The Bertz CT molecular complexity index is 615. The highest BCUT2D eigenvalue weighted by Gasteiger charge is 2.18. The molecule has 7 heteroatoms. The van der Waals surface area contributed by atoms with Gasteiger partial charge in [0.1, 0.15) is 12.4 Å². The number of aryl methyl sites for hydroxylation is 1. The molecule has 3 rings (SSSR count). The molecule has 1 N–H and O–H groups in total. The van der Waals surface area contributed by atoms with Gasteiger partial charge in [0.05, 0.1) is 16.9 Å². The fraction of sp³-hybridized carbons (Fsp3) is 0.438. The number of anilines is 1. The molecule has 0 spiro atoms. The number of halogens is 1. The lowest BCUT2D eigenvalue weighted by Crippen LogP contribution is -2.47. The monoisotopic (exact) mass is 355 g/mol. The number of piperazine rings is 1. The van der Waals surface area contributed by atoms with Crippen molar-refractivity contribution in [2.45, 2.75) is 6.92 Å². The maximum Gasteiger partial charge on any atom is 0.196 e. The summed E-state index contributed by atoms with van der Waals surface area (Å²) in [7, 11) is 0. The van der Waals surface area contributed by atoms with Crippen molar-refractivity contribution < 1.29 is 9.84 Å². The first kappa shape index (κ1) is 17.8. The molecule has 0 radical (unpaired) electrons. The Hall–Kier alpha value is -1.50. The fourth-order valence-corrected chi connectivity index (χ4v) is 3.32. The summed E-state index contributed by atoms with van der Waals surface area (Å²) in [6.07, 6.45) is 0. The Morgan fingerprint density at radius 1 is 1.22 bits per heavy atom. The predicted molar refractivity (Wildman–Crippen MR) is 96.4 cm³/mol. The highest BCUT2D eigenvalue weighted by atomic mass is 35.5. The average Bonchev–Trinajstić information content (AvgIpc) is 2.94. The molecule has 1 aliphatic heterocycles. The van der Waals surface area contributed by atoms with Crippen molar-refractivity contribution in [1.82, 2.24) is 9.88 Å². The first-order valence-electron chi connectivity index (χ1n) is 7.52. The number of hydrogen-bond donors (Lipinski definition) is 1. The third kappa shape index (κ3) is 4.50. The second kappa shape index (κ2) is 8.38. The molecule has 1 fully saturated rings. The van der Waals surface area contributed by atoms with Crippen LogP contribution >= 0.6 is 23.7 Å². The number of benzene rings is 1. The molecule has 0 saturated carbocycles. The summed E-state index contributed by atoms with van der Waals surface area (Å²) in [6.45, 7) is 7.41. The largest absolute Gasteiger partial charge is 0.506 e. The van der Waals surface area contributed by atoms with Crippen molar-refractivity contribution in [1.29, 1.82) is 0 Å². The Morgan fingerprint density at radius 2 is 1.96 bits per heavy atom. The molecule has 2 heterocycles. The zero-order chi connectivity index (χ0) is 15.4. The van der Waals surface area contributed by atoms with E-state index in [1.807, 2.05) is 30.6 Å². The van der Waals surface area contributed by atoms with Gasteiger partial charge < -0.3 is 14.7 Å². The van der Waals surface area contributed by atoms with E-state index in [9.17, 15) is 5.11 Å². The summed E-state index contributed by atoms with van der Waals surface area (Å²) in [5, 5.41) is 10.8. The van der Waals surface area contributed by atoms with Crippen LogP contribution in [0.1, 0.15) is 5.69 Å². The minimum Gasteiger partial charge on any atom is -0.506 e. The number of aromatic nitrogens is 1. The second-order valence-electron chi connectivity index (χ2n) is 5.39. The third-order valence-electron chi connectivity index (χ3n) is 3.94. The van der Waals surface area contributed by atoms with Crippen LogP contribution in [-0.2, 0) is 0 Å². The van der Waals surface area contributed by atoms with Crippen molar-refractivity contribution >= 4 is 29.4 Å². The van der Waals surface area contributed by atoms with Crippen molar-refractivity contribution in [2.24, 2.45) is 0 Å². The first-order valence-corrected chi connectivity index (χ1v) is 8.40. The normalized spacial score (nSPS) is 15.3. The van der Waals surface area contributed by atoms with Crippen molar-refractivity contribution in [3.05, 3.63) is 35.5 Å². The van der Waals surface area contributed by atoms with Crippen molar-refractivity contribution in [3.63, 3.8) is 0 Å². The number of ether oxygens (including phenoxy) is 1. The minimum atomic E-state index is 0. The smallest absolute Gasteiger partial charge is 0.196 e. The highest BCUT2D eigenvalue weighted by molar-refractivity contribution is 7.11. The lowest BCUT2D eigenvalue weighted by molar-refractivity contribution is 0.202. The summed E-state index contributed by atoms with van der Waals surface area (Å²) >= 11 is 1.55. The van der Waals surface area contributed by atoms with Crippen LogP contribution in [0.15, 0.2) is 29.8 Å². The molecule has 1 aliphatic rings. The van der Waals surface area contributed by atoms with Crippen molar-refractivity contribution in [3.8, 4) is 10.8 Å². The number of thiazole rings is 1. The number of nitrogens with zero attached hydrogens (tertiary/aromatic N) is 3. The molecule has 0 aliphatic carbocycles. The lowest BCUT2D eigenvalue weighted by Gasteiger charge is -2.36. The molecular weight excluding hydrogens is 334 g/mol. The van der Waals surface area contributed by atoms with Gasteiger partial charge in [-0.1, -0.05) is 23.5 Å². The quantitative estimate of drug-likeness (QED) is 0.893. The van der Waals surface area contributed by atoms with Gasteiger partial charge in [0.15, 0.2) is 5.06 Å². The standard InChI is InChI=1S/C16H21N3O2S.ClH/c1-13-16(22-12-17-13)21-11-10-18-6-8-19(9-7-18)14-4-2-3-5-15(14)20;/h2-5,12,20H,6-11H2,1H3;1H. The van der Waals surface area contributed by atoms with Crippen LogP contribution in [0.3, 0.4) is 0 Å². The van der Waals surface area contributed by atoms with E-state index in [0.717, 1.165) is 49.2 Å². The van der Waals surface area contributed by atoms with Gasteiger partial charge in [0, 0.05) is 32.7 Å². The van der Waals surface area contributed by atoms with Gasteiger partial charge in [-0.3, -0.25) is 4.90 Å². The number of phenols is 1. The van der Waals surface area contributed by atoms with Crippen molar-refractivity contribution in [2.75, 3.05) is 44.2 Å². The Balaban J connectivity index is 0.00000192. The Kier molecular flexibility index (Phi) is 6.50. The summed E-state index contributed by atoms with van der Waals surface area (Å²) in [5.41, 5.74) is 3.71. The Labute approximate surface area is 146 Å². The highest BCUT2D eigenvalue weighted by Crippen LogP contribution is 2.27. The van der Waals surface area contributed by atoms with E-state index in [-0.39, 0.29) is 12.4 Å². The minimum absolute atomic E-state index is 0. The molecule has 1 aromatic heterocycles. The van der Waals surface area contributed by atoms with Crippen LogP contribution in [0.2, 0.25) is 0 Å². The van der Waals surface area contributed by atoms with Gasteiger partial charge in [-0.15, -0.1) is 12.4 Å². The molecule has 5 nitrogen and oxygen atoms in total. The molecule has 0 atom stereocenters. The summed E-state index contributed by atoms with van der Waals surface area (Å²) in [5.74, 6) is 0.361. The van der Waals surface area contributed by atoms with Crippen LogP contribution in [0.25, 0.3) is 0 Å². The van der Waals surface area contributed by atoms with E-state index in [1.54, 1.807) is 17.4 Å². The van der Waals surface area contributed by atoms with E-state index in [2.05, 4.69) is 14.8 Å².